The molecule has 108 valence electrons. The summed E-state index contributed by atoms with van der Waals surface area (Å²) in [5, 5.41) is 0. The first-order chi connectivity index (χ1) is 8.56. The molecule has 1 aliphatic rings. The number of nitrogens with two attached hydrogens (primary N) is 1. The van der Waals surface area contributed by atoms with Gasteiger partial charge in [-0.25, -0.2) is 4.79 Å². The minimum atomic E-state index is -0.363. The third-order valence-corrected chi connectivity index (χ3v) is 3.58. The molecule has 5 nitrogen and oxygen atoms in total. The molecular weight excluding hydrogens is 268 g/mol. The average molecular weight is 289 g/mol. The summed E-state index contributed by atoms with van der Waals surface area (Å²) in [5.74, 6) is 0.426. The van der Waals surface area contributed by atoms with Crippen LogP contribution in [0.2, 0.25) is 0 Å². The van der Waals surface area contributed by atoms with Gasteiger partial charge < -0.3 is 14.9 Å². The van der Waals surface area contributed by atoms with E-state index in [9.17, 15) is 4.79 Å². The van der Waals surface area contributed by atoms with Crippen LogP contribution in [0, 0.1) is 5.41 Å². The Kier molecular flexibility index (Phi) is 5.40. The molecule has 1 saturated heterocycles. The van der Waals surface area contributed by atoms with Gasteiger partial charge in [-0.2, -0.15) is 0 Å². The summed E-state index contributed by atoms with van der Waals surface area (Å²) in [5.41, 5.74) is 6.45. The molecule has 2 heterocycles. The van der Waals surface area contributed by atoms with Crippen LogP contribution in [0.1, 0.15) is 29.5 Å². The fourth-order valence-electron chi connectivity index (χ4n) is 2.34. The van der Waals surface area contributed by atoms with Crippen molar-refractivity contribution < 1.29 is 13.9 Å². The van der Waals surface area contributed by atoms with Gasteiger partial charge in [0.15, 0.2) is 0 Å². The van der Waals surface area contributed by atoms with E-state index in [1.54, 1.807) is 6.07 Å². The number of esters is 1. The molecule has 1 unspecified atom stereocenters. The summed E-state index contributed by atoms with van der Waals surface area (Å²) in [6.45, 7) is 5.61. The first-order valence-corrected chi connectivity index (χ1v) is 6.14. The van der Waals surface area contributed by atoms with Crippen molar-refractivity contribution in [2.75, 3.05) is 26.7 Å². The van der Waals surface area contributed by atoms with E-state index >= 15 is 0 Å². The SMILES string of the molecule is COC(=O)c1coc(CN2CCC(C)(CN)C2)c1.Cl. The molecule has 1 aromatic rings. The van der Waals surface area contributed by atoms with E-state index in [0.29, 0.717) is 18.7 Å². The van der Waals surface area contributed by atoms with Crippen LogP contribution in [-0.4, -0.2) is 37.6 Å². The number of hydrogen-bond acceptors (Lipinski definition) is 5. The standard InChI is InChI=1S/C13H20N2O3.ClH/c1-13(8-14)3-4-15(9-13)6-11-5-10(7-18-11)12(16)17-2;/h5,7H,3-4,6,8-9,14H2,1-2H3;1H. The van der Waals surface area contributed by atoms with E-state index < -0.39 is 0 Å². The van der Waals surface area contributed by atoms with Crippen LogP contribution in [0.5, 0.6) is 0 Å². The van der Waals surface area contributed by atoms with Crippen LogP contribution in [0.25, 0.3) is 0 Å². The molecule has 0 saturated carbocycles. The third kappa shape index (κ3) is 3.72. The lowest BCUT2D eigenvalue weighted by molar-refractivity contribution is 0.0600. The fourth-order valence-corrected chi connectivity index (χ4v) is 2.34. The van der Waals surface area contributed by atoms with Gasteiger partial charge in [0.05, 0.1) is 19.2 Å². The van der Waals surface area contributed by atoms with Crippen molar-refractivity contribution in [3.8, 4) is 0 Å². The van der Waals surface area contributed by atoms with Gasteiger partial charge in [-0.15, -0.1) is 12.4 Å². The van der Waals surface area contributed by atoms with Crippen molar-refractivity contribution in [3.05, 3.63) is 23.7 Å². The molecule has 0 aliphatic carbocycles. The topological polar surface area (TPSA) is 68.7 Å². The van der Waals surface area contributed by atoms with Crippen molar-refractivity contribution in [2.45, 2.75) is 19.9 Å². The molecule has 19 heavy (non-hydrogen) atoms. The summed E-state index contributed by atoms with van der Waals surface area (Å²) in [6.07, 6.45) is 2.55. The number of nitrogens with zero attached hydrogens (tertiary/aromatic N) is 1. The summed E-state index contributed by atoms with van der Waals surface area (Å²) < 4.78 is 10.0. The van der Waals surface area contributed by atoms with E-state index in [1.807, 2.05) is 0 Å². The van der Waals surface area contributed by atoms with E-state index in [-0.39, 0.29) is 23.8 Å². The lowest BCUT2D eigenvalue weighted by Gasteiger charge is -2.21. The maximum atomic E-state index is 11.3. The zero-order chi connectivity index (χ0) is 13.2. The summed E-state index contributed by atoms with van der Waals surface area (Å²) in [7, 11) is 1.36. The second-order valence-electron chi connectivity index (χ2n) is 5.27. The molecule has 1 aromatic heterocycles. The van der Waals surface area contributed by atoms with Crippen LogP contribution < -0.4 is 5.73 Å². The van der Waals surface area contributed by atoms with Gasteiger partial charge >= 0.3 is 5.97 Å². The highest BCUT2D eigenvalue weighted by molar-refractivity contribution is 5.88. The molecule has 1 aliphatic heterocycles. The number of carbonyl (C=O) groups is 1. The Morgan fingerprint density at radius 2 is 2.37 bits per heavy atom. The first-order valence-electron chi connectivity index (χ1n) is 6.14. The quantitative estimate of drug-likeness (QED) is 0.854. The van der Waals surface area contributed by atoms with Crippen LogP contribution >= 0.6 is 12.4 Å². The van der Waals surface area contributed by atoms with Gasteiger partial charge in [-0.1, -0.05) is 6.92 Å². The van der Waals surface area contributed by atoms with E-state index in [4.69, 9.17) is 10.2 Å². The minimum absolute atomic E-state index is 0. The highest BCUT2D eigenvalue weighted by atomic mass is 35.5. The van der Waals surface area contributed by atoms with Gasteiger partial charge in [0.25, 0.3) is 0 Å². The van der Waals surface area contributed by atoms with Crippen LogP contribution in [-0.2, 0) is 11.3 Å². The van der Waals surface area contributed by atoms with Crippen molar-refractivity contribution in [1.82, 2.24) is 4.90 Å². The second kappa shape index (κ2) is 6.41. The highest BCUT2D eigenvalue weighted by Gasteiger charge is 2.32. The number of halogens is 1. The number of carbonyl (C=O) groups excluding carboxylic acids is 1. The van der Waals surface area contributed by atoms with E-state index in [0.717, 1.165) is 25.3 Å². The largest absolute Gasteiger partial charge is 0.467 e. The Morgan fingerprint density at radius 1 is 1.63 bits per heavy atom. The summed E-state index contributed by atoms with van der Waals surface area (Å²) in [4.78, 5) is 13.6. The Balaban J connectivity index is 0.00000180. The maximum Gasteiger partial charge on any atom is 0.341 e. The fraction of sp³-hybridized carbons (Fsp3) is 0.615. The van der Waals surface area contributed by atoms with Crippen molar-refractivity contribution in [3.63, 3.8) is 0 Å². The summed E-state index contributed by atoms with van der Waals surface area (Å²) >= 11 is 0. The third-order valence-electron chi connectivity index (χ3n) is 3.58. The Bertz CT molecular complexity index is 435. The van der Waals surface area contributed by atoms with Crippen LogP contribution in [0.15, 0.2) is 16.7 Å². The number of hydrogen-bond donors (Lipinski definition) is 1. The van der Waals surface area contributed by atoms with Crippen molar-refractivity contribution >= 4 is 18.4 Å². The monoisotopic (exact) mass is 288 g/mol. The van der Waals surface area contributed by atoms with Gasteiger partial charge in [-0.05, 0) is 31.0 Å². The molecule has 0 radical (unpaired) electrons. The van der Waals surface area contributed by atoms with Crippen molar-refractivity contribution in [2.24, 2.45) is 11.1 Å². The second-order valence-corrected chi connectivity index (χ2v) is 5.27. The molecule has 1 fully saturated rings. The molecule has 1 atom stereocenters. The lowest BCUT2D eigenvalue weighted by Crippen LogP contribution is -2.31. The van der Waals surface area contributed by atoms with E-state index in [1.165, 1.54) is 13.4 Å². The van der Waals surface area contributed by atoms with E-state index in [2.05, 4.69) is 16.6 Å². The molecule has 0 amide bonds. The molecule has 0 spiro atoms. The molecule has 0 aromatic carbocycles. The Morgan fingerprint density at radius 3 is 2.95 bits per heavy atom. The number of ether oxygens (including phenoxy) is 1. The first kappa shape index (κ1) is 16.0. The highest BCUT2D eigenvalue weighted by Crippen LogP contribution is 2.29. The number of methoxy groups -OCH3 is 1. The van der Waals surface area contributed by atoms with Gasteiger partial charge in [0, 0.05) is 6.54 Å². The van der Waals surface area contributed by atoms with Crippen LogP contribution in [0.4, 0.5) is 0 Å². The Labute approximate surface area is 119 Å². The van der Waals surface area contributed by atoms with Gasteiger partial charge in [-0.3, -0.25) is 4.90 Å². The molecule has 2 N–H and O–H groups in total. The number of rotatable bonds is 4. The zero-order valence-electron chi connectivity index (χ0n) is 11.3. The van der Waals surface area contributed by atoms with Crippen LogP contribution in [0.3, 0.4) is 0 Å². The number of furan rings is 1. The van der Waals surface area contributed by atoms with Gasteiger partial charge in [0.2, 0.25) is 0 Å². The molecule has 2 rings (SSSR count). The smallest absolute Gasteiger partial charge is 0.341 e. The predicted molar refractivity (Wildman–Crippen MR) is 74.4 cm³/mol. The number of likely N-dealkylation sites (tertiary alicyclic amines) is 1. The maximum absolute atomic E-state index is 11.3. The normalized spacial score (nSPS) is 23.1. The minimum Gasteiger partial charge on any atom is -0.467 e. The lowest BCUT2D eigenvalue weighted by atomic mass is 9.90. The van der Waals surface area contributed by atoms with Crippen molar-refractivity contribution in [1.29, 1.82) is 0 Å². The Hall–Kier alpha value is -1.04. The predicted octanol–water partition coefficient (Wildman–Crippen LogP) is 1.66. The summed E-state index contributed by atoms with van der Waals surface area (Å²) in [6, 6.07) is 1.74. The molecular formula is C13H21ClN2O3. The average Bonchev–Trinajstić information content (AvgIpc) is 2.97. The molecule has 0 bridgehead atoms. The molecule has 6 heteroatoms. The zero-order valence-corrected chi connectivity index (χ0v) is 12.2. The van der Waals surface area contributed by atoms with Gasteiger partial charge in [0.1, 0.15) is 12.0 Å².